The molecule has 1 saturated heterocycles. The Labute approximate surface area is 175 Å². The van der Waals surface area contributed by atoms with E-state index in [2.05, 4.69) is 20.2 Å². The van der Waals surface area contributed by atoms with Crippen molar-refractivity contribution in [2.45, 2.75) is 17.9 Å². The number of urea groups is 1. The van der Waals surface area contributed by atoms with E-state index in [1.807, 2.05) is 0 Å². The summed E-state index contributed by atoms with van der Waals surface area (Å²) in [7, 11) is -2.30. The summed E-state index contributed by atoms with van der Waals surface area (Å²) < 4.78 is 40.6. The molecular weight excluding hydrogens is 411 g/mol. The Bertz CT molecular complexity index is 1020. The van der Waals surface area contributed by atoms with E-state index in [1.54, 1.807) is 19.2 Å². The molecule has 2 aromatic rings. The molecule has 1 aromatic heterocycles. The van der Waals surface area contributed by atoms with Crippen LogP contribution in [-0.4, -0.2) is 72.7 Å². The number of nitrogens with zero attached hydrogens (tertiary/aromatic N) is 5. The summed E-state index contributed by atoms with van der Waals surface area (Å²) in [5, 5.41) is 6.44. The summed E-state index contributed by atoms with van der Waals surface area (Å²) in [5.41, 5.74) is 1.24. The zero-order valence-electron chi connectivity index (χ0n) is 16.8. The Morgan fingerprint density at radius 2 is 1.73 bits per heavy atom. The first-order valence-electron chi connectivity index (χ1n) is 9.95. The highest BCUT2D eigenvalue weighted by Crippen LogP contribution is 2.28. The molecule has 162 valence electrons. The van der Waals surface area contributed by atoms with Crippen LogP contribution in [0.3, 0.4) is 0 Å². The number of halogens is 1. The van der Waals surface area contributed by atoms with Gasteiger partial charge >= 0.3 is 6.03 Å². The highest BCUT2D eigenvalue weighted by atomic mass is 32.2. The van der Waals surface area contributed by atoms with Crippen molar-refractivity contribution >= 4 is 27.4 Å². The molecule has 1 N–H and O–H groups in total. The van der Waals surface area contributed by atoms with E-state index in [1.165, 1.54) is 23.0 Å². The number of unbranched alkanes of at least 4 members (excludes halogenated alkanes) is 1. The number of aromatic nitrogens is 2. The minimum Gasteiger partial charge on any atom is -0.369 e. The monoisotopic (exact) mass is 436 g/mol. The largest absolute Gasteiger partial charge is 0.369 e. The van der Waals surface area contributed by atoms with Gasteiger partial charge in [-0.1, -0.05) is 0 Å². The predicted octanol–water partition coefficient (Wildman–Crippen LogP) is 1.70. The molecule has 9 nitrogen and oxygen atoms in total. The van der Waals surface area contributed by atoms with Crippen LogP contribution in [-0.2, 0) is 17.1 Å². The third kappa shape index (κ3) is 4.12. The smallest absolute Gasteiger partial charge is 0.335 e. The van der Waals surface area contributed by atoms with Crippen LogP contribution in [0.25, 0.3) is 0 Å². The molecule has 11 heteroatoms. The van der Waals surface area contributed by atoms with E-state index in [4.69, 9.17) is 0 Å². The zero-order chi connectivity index (χ0) is 21.3. The van der Waals surface area contributed by atoms with E-state index in [-0.39, 0.29) is 23.1 Å². The van der Waals surface area contributed by atoms with Gasteiger partial charge in [0.2, 0.25) is 5.03 Å². The third-order valence-electron chi connectivity index (χ3n) is 5.45. The van der Waals surface area contributed by atoms with Crippen molar-refractivity contribution in [1.82, 2.24) is 19.0 Å². The van der Waals surface area contributed by atoms with Gasteiger partial charge in [-0.15, -0.1) is 0 Å². The topological polar surface area (TPSA) is 90.8 Å². The number of hydrogen-bond acceptors (Lipinski definition) is 6. The van der Waals surface area contributed by atoms with E-state index >= 15 is 0 Å². The molecule has 0 unspecified atom stereocenters. The molecule has 30 heavy (non-hydrogen) atoms. The second-order valence-corrected chi connectivity index (χ2v) is 9.32. The van der Waals surface area contributed by atoms with Crippen LogP contribution in [0.4, 0.5) is 20.6 Å². The van der Waals surface area contributed by atoms with Crippen LogP contribution in [0.15, 0.2) is 35.5 Å². The summed E-state index contributed by atoms with van der Waals surface area (Å²) in [4.78, 5) is 16.8. The Hall–Kier alpha value is -2.66. The highest BCUT2D eigenvalue weighted by molar-refractivity contribution is 7.89. The number of sulfonamides is 1. The molecule has 3 heterocycles. The summed E-state index contributed by atoms with van der Waals surface area (Å²) in [6.07, 6.45) is 2.84. The molecule has 0 atom stereocenters. The molecular formula is C19H25FN6O3S. The number of fused-ring (bicyclic) bond motifs is 1. The zero-order valence-corrected chi connectivity index (χ0v) is 17.6. The van der Waals surface area contributed by atoms with E-state index < -0.39 is 16.1 Å². The molecule has 0 aliphatic carbocycles. The Balaban J connectivity index is 1.24. The van der Waals surface area contributed by atoms with Crippen LogP contribution >= 0.6 is 0 Å². The summed E-state index contributed by atoms with van der Waals surface area (Å²) in [5.74, 6) is -0.235. The maximum Gasteiger partial charge on any atom is 0.335 e. The number of aryl methyl sites for hydroxylation is 1. The van der Waals surface area contributed by atoms with Crippen molar-refractivity contribution < 1.29 is 17.6 Å². The third-order valence-corrected chi connectivity index (χ3v) is 7.17. The van der Waals surface area contributed by atoms with Crippen LogP contribution in [0.2, 0.25) is 0 Å². The minimum absolute atomic E-state index is 0.110. The maximum atomic E-state index is 13.1. The van der Waals surface area contributed by atoms with E-state index in [9.17, 15) is 17.6 Å². The lowest BCUT2D eigenvalue weighted by molar-refractivity contribution is 0.230. The SMILES string of the molecule is Cn1cc2c(n1)S(=O)(=O)N(CCCCN1CCN(c3ccc(F)cc3)CC1)C(=O)N2. The first kappa shape index (κ1) is 20.6. The molecule has 4 rings (SSSR count). The number of benzene rings is 1. The lowest BCUT2D eigenvalue weighted by Gasteiger charge is -2.36. The molecule has 1 fully saturated rings. The molecule has 0 spiro atoms. The number of anilines is 2. The average molecular weight is 437 g/mol. The van der Waals surface area contributed by atoms with Crippen molar-refractivity contribution in [2.24, 2.45) is 7.05 Å². The Morgan fingerprint density at radius 3 is 2.43 bits per heavy atom. The van der Waals surface area contributed by atoms with Gasteiger partial charge in [-0.3, -0.25) is 9.58 Å². The lowest BCUT2D eigenvalue weighted by Crippen LogP contribution is -2.47. The van der Waals surface area contributed by atoms with E-state index in [0.717, 1.165) is 49.1 Å². The molecule has 0 radical (unpaired) electrons. The molecule has 2 amide bonds. The van der Waals surface area contributed by atoms with Crippen molar-refractivity contribution in [1.29, 1.82) is 0 Å². The molecule has 2 aliphatic heterocycles. The first-order valence-corrected chi connectivity index (χ1v) is 11.4. The van der Waals surface area contributed by atoms with Gasteiger partial charge in [-0.2, -0.15) is 13.5 Å². The first-order chi connectivity index (χ1) is 14.3. The lowest BCUT2D eigenvalue weighted by atomic mass is 10.2. The average Bonchev–Trinajstić information content (AvgIpc) is 3.09. The van der Waals surface area contributed by atoms with Gasteiger partial charge < -0.3 is 10.2 Å². The van der Waals surface area contributed by atoms with Crippen LogP contribution in [0.5, 0.6) is 0 Å². The van der Waals surface area contributed by atoms with Gasteiger partial charge in [-0.25, -0.2) is 13.5 Å². The van der Waals surface area contributed by atoms with Gasteiger partial charge in [0.15, 0.2) is 0 Å². The van der Waals surface area contributed by atoms with Gasteiger partial charge in [0.1, 0.15) is 11.5 Å². The number of carbonyl (C=O) groups is 1. The summed E-state index contributed by atoms with van der Waals surface area (Å²) in [6, 6.07) is 5.90. The van der Waals surface area contributed by atoms with Crippen LogP contribution in [0.1, 0.15) is 12.8 Å². The van der Waals surface area contributed by atoms with Crippen molar-refractivity contribution in [2.75, 3.05) is 49.5 Å². The number of hydrogen-bond donors (Lipinski definition) is 1. The Morgan fingerprint density at radius 1 is 1.07 bits per heavy atom. The van der Waals surface area contributed by atoms with Crippen molar-refractivity contribution in [3.8, 4) is 0 Å². The second kappa shape index (κ2) is 8.23. The summed E-state index contributed by atoms with van der Waals surface area (Å²) >= 11 is 0. The molecule has 1 aromatic carbocycles. The fourth-order valence-electron chi connectivity index (χ4n) is 3.83. The normalized spacial score (nSPS) is 18.9. The van der Waals surface area contributed by atoms with Gasteiger partial charge in [-0.05, 0) is 43.7 Å². The predicted molar refractivity (Wildman–Crippen MR) is 110 cm³/mol. The standard InChI is InChI=1S/C19H25FN6O3S/c1-23-14-17-18(22-23)30(28,29)26(19(27)21-17)9-3-2-8-24-10-12-25(13-11-24)16-6-4-15(20)5-7-16/h4-7,14H,2-3,8-13H2,1H3,(H,21,27). The maximum absolute atomic E-state index is 13.1. The Kier molecular flexibility index (Phi) is 5.65. The minimum atomic E-state index is -3.92. The van der Waals surface area contributed by atoms with Crippen LogP contribution < -0.4 is 10.2 Å². The van der Waals surface area contributed by atoms with Gasteiger partial charge in [0, 0.05) is 51.7 Å². The fourth-order valence-corrected chi connectivity index (χ4v) is 5.29. The quantitative estimate of drug-likeness (QED) is 0.693. The number of amides is 2. The fraction of sp³-hybridized carbons (Fsp3) is 0.474. The number of nitrogens with one attached hydrogen (secondary N) is 1. The van der Waals surface area contributed by atoms with Gasteiger partial charge in [0.25, 0.3) is 10.0 Å². The molecule has 0 saturated carbocycles. The second-order valence-electron chi connectivity index (χ2n) is 7.54. The highest BCUT2D eigenvalue weighted by Gasteiger charge is 2.38. The number of piperazine rings is 1. The molecule has 2 aliphatic rings. The molecule has 0 bridgehead atoms. The van der Waals surface area contributed by atoms with Crippen molar-refractivity contribution in [3.63, 3.8) is 0 Å². The van der Waals surface area contributed by atoms with E-state index in [0.29, 0.717) is 6.42 Å². The van der Waals surface area contributed by atoms with Gasteiger partial charge in [0.05, 0.1) is 0 Å². The number of rotatable bonds is 6. The number of carbonyl (C=O) groups excluding carboxylic acids is 1. The summed E-state index contributed by atoms with van der Waals surface area (Å²) in [6.45, 7) is 4.45. The van der Waals surface area contributed by atoms with Crippen molar-refractivity contribution in [3.05, 3.63) is 36.3 Å². The van der Waals surface area contributed by atoms with Crippen LogP contribution in [0, 0.1) is 5.82 Å².